The first-order valence-corrected chi connectivity index (χ1v) is 4.51. The fourth-order valence-corrected chi connectivity index (χ4v) is 0.768. The highest BCUT2D eigenvalue weighted by atomic mass is 15.4. The smallest absolute Gasteiger partial charge is 0.0543 e. The highest BCUT2D eigenvalue weighted by molar-refractivity contribution is 5.81. The van der Waals surface area contributed by atoms with Crippen LogP contribution in [0.1, 0.15) is 13.8 Å². The second kappa shape index (κ2) is 6.89. The molecule has 0 aromatic carbocycles. The molecule has 0 atom stereocenters. The minimum Gasteiger partial charge on any atom is -0.273 e. The van der Waals surface area contributed by atoms with Gasteiger partial charge in [-0.2, -0.15) is 5.10 Å². The molecule has 0 rings (SSSR count). The highest BCUT2D eigenvalue weighted by Crippen LogP contribution is 2.01. The lowest BCUT2D eigenvalue weighted by molar-refractivity contribution is 0.450. The molecular weight excluding hydrogens is 172 g/mol. The van der Waals surface area contributed by atoms with Gasteiger partial charge in [0, 0.05) is 12.7 Å². The molecule has 0 unspecified atom stereocenters. The van der Waals surface area contributed by atoms with Crippen molar-refractivity contribution in [1.29, 1.82) is 0 Å². The summed E-state index contributed by atoms with van der Waals surface area (Å²) >= 11 is 0. The summed E-state index contributed by atoms with van der Waals surface area (Å²) < 4.78 is 0. The summed E-state index contributed by atoms with van der Waals surface area (Å²) in [5.74, 6) is 0. The largest absolute Gasteiger partial charge is 0.273 e. The molecule has 0 aromatic rings. The fourth-order valence-electron chi connectivity index (χ4n) is 0.768. The fraction of sp³-hybridized carbons (Fsp3) is 0.250. The Morgan fingerprint density at radius 1 is 1.36 bits per heavy atom. The van der Waals surface area contributed by atoms with Crippen molar-refractivity contribution in [3.63, 3.8) is 0 Å². The lowest BCUT2D eigenvalue weighted by Gasteiger charge is -2.12. The molecule has 0 fully saturated rings. The summed E-state index contributed by atoms with van der Waals surface area (Å²) in [6.07, 6.45) is 9.14. The number of hydrogen-bond donors (Lipinski definition) is 0. The van der Waals surface area contributed by atoms with Crippen LogP contribution in [0.5, 0.6) is 0 Å². The topological polar surface area (TPSA) is 15.6 Å². The normalized spacial score (nSPS) is 13.1. The van der Waals surface area contributed by atoms with Gasteiger partial charge in [0.2, 0.25) is 0 Å². The van der Waals surface area contributed by atoms with Crippen LogP contribution in [-0.4, -0.2) is 18.3 Å². The Bertz CT molecular complexity index is 283. The lowest BCUT2D eigenvalue weighted by atomic mass is 10.3. The Morgan fingerprint density at radius 2 is 2.00 bits per heavy atom. The number of rotatable bonds is 5. The minimum atomic E-state index is 1.00. The zero-order valence-electron chi connectivity index (χ0n) is 9.20. The molecule has 0 amide bonds. The first-order chi connectivity index (χ1) is 6.65. The van der Waals surface area contributed by atoms with Crippen molar-refractivity contribution in [1.82, 2.24) is 5.01 Å². The molecule has 0 spiro atoms. The molecule has 0 saturated heterocycles. The van der Waals surface area contributed by atoms with Crippen molar-refractivity contribution in [2.24, 2.45) is 5.10 Å². The van der Waals surface area contributed by atoms with Gasteiger partial charge in [0.05, 0.1) is 6.21 Å². The first kappa shape index (κ1) is 12.4. The van der Waals surface area contributed by atoms with E-state index in [1.54, 1.807) is 23.4 Å². The van der Waals surface area contributed by atoms with E-state index >= 15 is 0 Å². The van der Waals surface area contributed by atoms with E-state index in [4.69, 9.17) is 0 Å². The van der Waals surface area contributed by atoms with Crippen molar-refractivity contribution < 1.29 is 0 Å². The van der Waals surface area contributed by atoms with Gasteiger partial charge in [-0.15, -0.1) is 0 Å². The van der Waals surface area contributed by atoms with E-state index < -0.39 is 0 Å². The molecule has 0 heterocycles. The van der Waals surface area contributed by atoms with Gasteiger partial charge in [0.25, 0.3) is 0 Å². The van der Waals surface area contributed by atoms with E-state index in [-0.39, 0.29) is 0 Å². The monoisotopic (exact) mass is 190 g/mol. The zero-order chi connectivity index (χ0) is 11.0. The molecule has 0 saturated carbocycles. The van der Waals surface area contributed by atoms with Crippen LogP contribution in [0.15, 0.2) is 53.8 Å². The summed E-state index contributed by atoms with van der Waals surface area (Å²) in [6, 6.07) is 0. The second-order valence-electron chi connectivity index (χ2n) is 2.80. The van der Waals surface area contributed by atoms with Crippen LogP contribution in [0.3, 0.4) is 0 Å². The van der Waals surface area contributed by atoms with Crippen molar-refractivity contribution in [2.45, 2.75) is 13.8 Å². The van der Waals surface area contributed by atoms with E-state index in [0.717, 1.165) is 11.3 Å². The van der Waals surface area contributed by atoms with E-state index in [0.29, 0.717) is 0 Å². The van der Waals surface area contributed by atoms with Gasteiger partial charge >= 0.3 is 0 Å². The van der Waals surface area contributed by atoms with Gasteiger partial charge in [-0.3, -0.25) is 5.01 Å². The minimum absolute atomic E-state index is 1.00. The second-order valence-corrected chi connectivity index (χ2v) is 2.80. The van der Waals surface area contributed by atoms with Crippen molar-refractivity contribution in [3.8, 4) is 0 Å². The van der Waals surface area contributed by atoms with Crippen LogP contribution < -0.4 is 0 Å². The van der Waals surface area contributed by atoms with E-state index in [9.17, 15) is 0 Å². The van der Waals surface area contributed by atoms with E-state index in [1.165, 1.54) is 0 Å². The average molecular weight is 190 g/mol. The Kier molecular flexibility index (Phi) is 6.12. The van der Waals surface area contributed by atoms with Crippen molar-refractivity contribution in [3.05, 3.63) is 48.7 Å². The molecule has 2 heteroatoms. The number of hydrazone groups is 1. The summed E-state index contributed by atoms with van der Waals surface area (Å²) in [4.78, 5) is 0. The van der Waals surface area contributed by atoms with Crippen molar-refractivity contribution >= 4 is 6.21 Å². The predicted octanol–water partition coefficient (Wildman–Crippen LogP) is 3.13. The van der Waals surface area contributed by atoms with Crippen LogP contribution in [0.2, 0.25) is 0 Å². The maximum absolute atomic E-state index is 4.24. The third-order valence-corrected chi connectivity index (χ3v) is 1.82. The Labute approximate surface area is 86.6 Å². The van der Waals surface area contributed by atoms with E-state index in [2.05, 4.69) is 18.3 Å². The van der Waals surface area contributed by atoms with Crippen molar-refractivity contribution in [2.75, 3.05) is 7.05 Å². The maximum atomic E-state index is 4.24. The molecule has 0 aliphatic carbocycles. The number of nitrogens with zero attached hydrogens (tertiary/aromatic N) is 2. The van der Waals surface area contributed by atoms with Gasteiger partial charge in [0.1, 0.15) is 0 Å². The van der Waals surface area contributed by atoms with E-state index in [1.807, 2.05) is 33.0 Å². The molecule has 0 radical (unpaired) electrons. The standard InChI is InChI=1S/C12H18N2/c1-6-9-11(4)14(5)13-10-12(7-2)8-3/h6-10H,1-2H2,3-5H3/b11-9+,12-8+,13-10+. The summed E-state index contributed by atoms with van der Waals surface area (Å²) in [7, 11) is 1.89. The van der Waals surface area contributed by atoms with Crippen LogP contribution in [-0.2, 0) is 0 Å². The van der Waals surface area contributed by atoms with Gasteiger partial charge in [-0.1, -0.05) is 31.4 Å². The average Bonchev–Trinajstić information content (AvgIpc) is 2.19. The molecule has 0 aliphatic rings. The lowest BCUT2D eigenvalue weighted by Crippen LogP contribution is -2.07. The molecule has 2 nitrogen and oxygen atoms in total. The van der Waals surface area contributed by atoms with Crippen LogP contribution in [0, 0.1) is 0 Å². The molecule has 0 N–H and O–H groups in total. The molecule has 0 bridgehead atoms. The Morgan fingerprint density at radius 3 is 2.43 bits per heavy atom. The van der Waals surface area contributed by atoms with Crippen LogP contribution in [0.25, 0.3) is 0 Å². The van der Waals surface area contributed by atoms with Gasteiger partial charge in [-0.25, -0.2) is 0 Å². The van der Waals surface area contributed by atoms with Gasteiger partial charge < -0.3 is 0 Å². The highest BCUT2D eigenvalue weighted by Gasteiger charge is 1.92. The van der Waals surface area contributed by atoms with Gasteiger partial charge in [-0.05, 0) is 25.5 Å². The number of allylic oxidation sites excluding steroid dienone is 6. The van der Waals surface area contributed by atoms with Crippen LogP contribution >= 0.6 is 0 Å². The molecule has 14 heavy (non-hydrogen) atoms. The maximum Gasteiger partial charge on any atom is 0.0543 e. The summed E-state index contributed by atoms with van der Waals surface area (Å²) in [5, 5.41) is 6.02. The third kappa shape index (κ3) is 4.45. The Balaban J connectivity index is 4.45. The predicted molar refractivity (Wildman–Crippen MR) is 64.2 cm³/mol. The number of hydrogen-bond acceptors (Lipinski definition) is 2. The summed E-state index contributed by atoms with van der Waals surface area (Å²) in [5.41, 5.74) is 2.04. The molecule has 0 aliphatic heterocycles. The van der Waals surface area contributed by atoms with Crippen LogP contribution in [0.4, 0.5) is 0 Å². The third-order valence-electron chi connectivity index (χ3n) is 1.82. The molecule has 76 valence electrons. The summed E-state index contributed by atoms with van der Waals surface area (Å²) in [6.45, 7) is 11.2. The SMILES string of the molecule is C=C/C=C(\C)N(C)/N=C/C(C=C)=C/C. The zero-order valence-corrected chi connectivity index (χ0v) is 9.20. The molecule has 0 aromatic heterocycles. The molecular formula is C12H18N2. The van der Waals surface area contributed by atoms with Gasteiger partial charge in [0.15, 0.2) is 0 Å². The quantitative estimate of drug-likeness (QED) is 0.369. The Hall–Kier alpha value is -1.57. The first-order valence-electron chi connectivity index (χ1n) is 4.51.